The third-order valence-electron chi connectivity index (χ3n) is 11.0. The van der Waals surface area contributed by atoms with E-state index in [1.165, 1.54) is 12.1 Å². The largest absolute Gasteiger partial charge is 0.393 e. The molecule has 0 bridgehead atoms. The van der Waals surface area contributed by atoms with Crippen molar-refractivity contribution in [3.8, 4) is 0 Å². The summed E-state index contributed by atoms with van der Waals surface area (Å²) in [5, 5.41) is 23.6. The number of hydrogen-bond acceptors (Lipinski definition) is 6. The molecule has 1 aromatic rings. The van der Waals surface area contributed by atoms with Crippen LogP contribution in [0.5, 0.6) is 0 Å². The third kappa shape index (κ3) is 4.76. The number of rotatable bonds is 4. The molecular formula is C31H41Cl2FN2O4. The number of benzene rings is 1. The SMILES string of the molecule is C[C@]12C=CC(=O)C=C1CC[C@@H]1[C@@H]2[C@@H](O)C[C@@]2(C)[C@H]1CC[C@]2(O)C(=O)CN1CCN(c2ccc(F)cc2)CC1.Cl.Cl. The van der Waals surface area contributed by atoms with Gasteiger partial charge < -0.3 is 15.1 Å². The van der Waals surface area contributed by atoms with Crippen LogP contribution in [0.1, 0.15) is 46.0 Å². The van der Waals surface area contributed by atoms with Gasteiger partial charge in [0.15, 0.2) is 11.6 Å². The van der Waals surface area contributed by atoms with Crippen molar-refractivity contribution >= 4 is 42.1 Å². The number of ketones is 2. The summed E-state index contributed by atoms with van der Waals surface area (Å²) in [6, 6.07) is 6.50. The van der Waals surface area contributed by atoms with Gasteiger partial charge in [-0.1, -0.05) is 25.5 Å². The lowest BCUT2D eigenvalue weighted by molar-refractivity contribution is -0.177. The zero-order valence-electron chi connectivity index (χ0n) is 23.2. The van der Waals surface area contributed by atoms with Crippen LogP contribution < -0.4 is 4.90 Å². The molecule has 0 amide bonds. The lowest BCUT2D eigenvalue weighted by atomic mass is 9.46. The Hall–Kier alpha value is -1.77. The molecule has 1 heterocycles. The second-order valence-corrected chi connectivity index (χ2v) is 12.8. The van der Waals surface area contributed by atoms with E-state index in [4.69, 9.17) is 0 Å². The summed E-state index contributed by atoms with van der Waals surface area (Å²) < 4.78 is 13.3. The van der Waals surface area contributed by atoms with Crippen molar-refractivity contribution in [2.75, 3.05) is 37.6 Å². The van der Waals surface area contributed by atoms with Gasteiger partial charge in [-0.15, -0.1) is 24.8 Å². The van der Waals surface area contributed by atoms with E-state index in [9.17, 15) is 24.2 Å². The van der Waals surface area contributed by atoms with E-state index in [0.717, 1.165) is 43.6 Å². The van der Waals surface area contributed by atoms with E-state index in [-0.39, 0.29) is 71.9 Å². The number of Topliss-reactive ketones (excluding diaryl/α,β-unsaturated/α-hetero) is 1. The Labute approximate surface area is 248 Å². The number of halogens is 3. The second kappa shape index (κ2) is 11.1. The van der Waals surface area contributed by atoms with Crippen molar-refractivity contribution in [1.82, 2.24) is 4.90 Å². The summed E-state index contributed by atoms with van der Waals surface area (Å²) in [6.07, 6.45) is 8.03. The van der Waals surface area contributed by atoms with Crippen molar-refractivity contribution in [3.63, 3.8) is 0 Å². The molecule has 3 saturated carbocycles. The first-order valence-corrected chi connectivity index (χ1v) is 14.2. The van der Waals surface area contributed by atoms with Crippen molar-refractivity contribution < 1.29 is 24.2 Å². The van der Waals surface area contributed by atoms with Crippen molar-refractivity contribution in [2.45, 2.75) is 57.7 Å². The number of anilines is 1. The highest BCUT2D eigenvalue weighted by Gasteiger charge is 2.68. The van der Waals surface area contributed by atoms with E-state index in [0.29, 0.717) is 25.9 Å². The average Bonchev–Trinajstić information content (AvgIpc) is 3.16. The fourth-order valence-corrected chi connectivity index (χ4v) is 8.94. The zero-order valence-corrected chi connectivity index (χ0v) is 24.9. The fraction of sp³-hybridized carbons (Fsp3) is 0.613. The number of carbonyl (C=O) groups is 2. The molecule has 1 saturated heterocycles. The predicted molar refractivity (Wildman–Crippen MR) is 158 cm³/mol. The van der Waals surface area contributed by atoms with Gasteiger partial charge in [0.1, 0.15) is 11.4 Å². The Morgan fingerprint density at radius 2 is 1.75 bits per heavy atom. The van der Waals surface area contributed by atoms with Gasteiger partial charge in [0, 0.05) is 48.6 Å². The van der Waals surface area contributed by atoms with Crippen LogP contribution in [0.2, 0.25) is 0 Å². The molecule has 2 N–H and O–H groups in total. The third-order valence-corrected chi connectivity index (χ3v) is 11.0. The molecule has 6 rings (SSSR count). The van der Waals surface area contributed by atoms with Crippen molar-refractivity contribution in [1.29, 1.82) is 0 Å². The Morgan fingerprint density at radius 1 is 1.07 bits per heavy atom. The molecule has 40 heavy (non-hydrogen) atoms. The smallest absolute Gasteiger partial charge is 0.178 e. The molecule has 4 aliphatic carbocycles. The minimum Gasteiger partial charge on any atom is -0.393 e. The van der Waals surface area contributed by atoms with Crippen LogP contribution in [-0.2, 0) is 9.59 Å². The fourth-order valence-electron chi connectivity index (χ4n) is 8.94. The second-order valence-electron chi connectivity index (χ2n) is 12.8. The van der Waals surface area contributed by atoms with E-state index in [2.05, 4.69) is 16.7 Å². The molecule has 0 radical (unpaired) electrons. The molecule has 7 atom stereocenters. The van der Waals surface area contributed by atoms with Gasteiger partial charge in [-0.3, -0.25) is 14.5 Å². The molecule has 0 spiro atoms. The molecule has 0 aromatic heterocycles. The van der Waals surface area contributed by atoms with Crippen LogP contribution in [0, 0.1) is 34.4 Å². The minimum absolute atomic E-state index is 0. The molecule has 4 fully saturated rings. The maximum absolute atomic E-state index is 13.8. The summed E-state index contributed by atoms with van der Waals surface area (Å²) >= 11 is 0. The van der Waals surface area contributed by atoms with Gasteiger partial charge in [0.2, 0.25) is 0 Å². The van der Waals surface area contributed by atoms with Crippen LogP contribution in [0.15, 0.2) is 48.1 Å². The maximum atomic E-state index is 13.8. The van der Waals surface area contributed by atoms with Gasteiger partial charge in [0.05, 0.1) is 12.6 Å². The number of nitrogens with zero attached hydrogens (tertiary/aromatic N) is 2. The van der Waals surface area contributed by atoms with E-state index in [1.54, 1.807) is 24.3 Å². The number of hydrogen-bond donors (Lipinski definition) is 2. The first-order valence-electron chi connectivity index (χ1n) is 14.2. The van der Waals surface area contributed by atoms with Crippen LogP contribution in [0.4, 0.5) is 10.1 Å². The van der Waals surface area contributed by atoms with Crippen LogP contribution in [0.3, 0.4) is 0 Å². The van der Waals surface area contributed by atoms with Gasteiger partial charge in [-0.2, -0.15) is 0 Å². The van der Waals surface area contributed by atoms with E-state index < -0.39 is 17.1 Å². The Morgan fingerprint density at radius 3 is 2.42 bits per heavy atom. The first kappa shape index (κ1) is 31.2. The van der Waals surface area contributed by atoms with Crippen LogP contribution in [-0.4, -0.2) is 71.1 Å². The maximum Gasteiger partial charge on any atom is 0.178 e. The number of carbonyl (C=O) groups excluding carboxylic acids is 2. The Bertz CT molecular complexity index is 1200. The monoisotopic (exact) mass is 594 g/mol. The number of aliphatic hydroxyl groups excluding tert-OH is 1. The highest BCUT2D eigenvalue weighted by Crippen LogP contribution is 2.67. The molecule has 220 valence electrons. The van der Waals surface area contributed by atoms with Gasteiger partial charge in [-0.05, 0) is 80.4 Å². The molecule has 1 aromatic carbocycles. The summed E-state index contributed by atoms with van der Waals surface area (Å²) in [5.74, 6) is -0.0193. The standard InChI is InChI=1S/C31H39FN2O4.2ClH/c1-29-11-9-23(35)17-20(29)3-8-24-25-10-12-31(38,30(25,2)18-26(36)28(24)29)27(37)19-33-13-15-34(16-14-33)22-6-4-21(32)5-7-22;;/h4-7,9,11,17,24-26,28,36,38H,3,8,10,12-16,18-19H2,1-2H3;2*1H/t24-,25-,26-,28+,29-,30-,31-;;/m0../s1. The quantitative estimate of drug-likeness (QED) is 0.539. The molecule has 1 aliphatic heterocycles. The molecule has 0 unspecified atom stereocenters. The van der Waals surface area contributed by atoms with Crippen LogP contribution >= 0.6 is 24.8 Å². The number of allylic oxidation sites excluding steroid dienone is 4. The van der Waals surface area contributed by atoms with Gasteiger partial charge >= 0.3 is 0 Å². The van der Waals surface area contributed by atoms with Crippen LogP contribution in [0.25, 0.3) is 0 Å². The summed E-state index contributed by atoms with van der Waals surface area (Å²) in [4.78, 5) is 30.1. The first-order chi connectivity index (χ1) is 18.0. The predicted octanol–water partition coefficient (Wildman–Crippen LogP) is 4.37. The number of fused-ring (bicyclic) bond motifs is 5. The molecule has 9 heteroatoms. The zero-order chi connectivity index (χ0) is 26.9. The lowest BCUT2D eigenvalue weighted by Gasteiger charge is -2.59. The normalized spacial score (nSPS) is 38.8. The number of piperazine rings is 1. The topological polar surface area (TPSA) is 81.1 Å². The van der Waals surface area contributed by atoms with Gasteiger partial charge in [-0.25, -0.2) is 4.39 Å². The highest BCUT2D eigenvalue weighted by atomic mass is 35.5. The average molecular weight is 596 g/mol. The van der Waals surface area contributed by atoms with Crippen molar-refractivity contribution in [3.05, 3.63) is 53.9 Å². The Balaban J connectivity index is 0.00000185. The lowest BCUT2D eigenvalue weighted by Crippen LogP contribution is -2.62. The summed E-state index contributed by atoms with van der Waals surface area (Å²) in [5.41, 5.74) is -0.395. The van der Waals surface area contributed by atoms with Gasteiger partial charge in [0.25, 0.3) is 0 Å². The summed E-state index contributed by atoms with van der Waals surface area (Å²) in [7, 11) is 0. The molecule has 5 aliphatic rings. The molecule has 6 nitrogen and oxygen atoms in total. The minimum atomic E-state index is -1.45. The Kier molecular flexibility index (Phi) is 8.68. The summed E-state index contributed by atoms with van der Waals surface area (Å²) in [6.45, 7) is 7.26. The van der Waals surface area contributed by atoms with Crippen molar-refractivity contribution in [2.24, 2.45) is 28.6 Å². The molecular weight excluding hydrogens is 554 g/mol. The highest BCUT2D eigenvalue weighted by molar-refractivity contribution is 6.01. The van der Waals surface area contributed by atoms with E-state index in [1.807, 2.05) is 13.0 Å². The van der Waals surface area contributed by atoms with E-state index >= 15 is 0 Å². The number of aliphatic hydroxyl groups is 2.